The lowest BCUT2D eigenvalue weighted by Gasteiger charge is -2.18. The van der Waals surface area contributed by atoms with Gasteiger partial charge in [-0.2, -0.15) is 0 Å². The molecule has 0 heterocycles. The molecular weight excluding hydrogens is 949 g/mol. The van der Waals surface area contributed by atoms with Gasteiger partial charge >= 0.3 is 17.9 Å². The van der Waals surface area contributed by atoms with Crippen LogP contribution < -0.4 is 0 Å². The minimum Gasteiger partial charge on any atom is -0.462 e. The van der Waals surface area contributed by atoms with Crippen LogP contribution in [0.15, 0.2) is 24.3 Å². The number of carbonyl (C=O) groups is 3. The number of ether oxygens (including phenoxy) is 3. The molecule has 6 heteroatoms. The SMILES string of the molecule is CCCCCCC/C=C\C/C=C\CCCCCCCCCCCCCCCCCC(=O)OCC(COC(=O)CCCCCCCCCCCCCCCCCC)OC(=O)CCCCCCCCCCCCCCCCCC. The molecule has 1 atom stereocenters. The molecule has 0 aliphatic heterocycles. The summed E-state index contributed by atoms with van der Waals surface area (Å²) in [6, 6.07) is 0. The van der Waals surface area contributed by atoms with Gasteiger partial charge in [0.15, 0.2) is 6.10 Å². The molecule has 0 N–H and O–H groups in total. The number of rotatable bonds is 65. The Kier molecular flexibility index (Phi) is 64.6. The molecule has 0 aliphatic rings. The van der Waals surface area contributed by atoms with Gasteiger partial charge in [-0.25, -0.2) is 0 Å². The largest absolute Gasteiger partial charge is 0.462 e. The van der Waals surface area contributed by atoms with E-state index in [9.17, 15) is 14.4 Å². The summed E-state index contributed by atoms with van der Waals surface area (Å²) in [5.41, 5.74) is 0. The van der Waals surface area contributed by atoms with Crippen molar-refractivity contribution >= 4 is 17.9 Å². The normalized spacial score (nSPS) is 12.1. The van der Waals surface area contributed by atoms with E-state index >= 15 is 0 Å². The van der Waals surface area contributed by atoms with E-state index in [1.54, 1.807) is 0 Å². The van der Waals surface area contributed by atoms with Gasteiger partial charge in [0.2, 0.25) is 0 Å². The summed E-state index contributed by atoms with van der Waals surface area (Å²) < 4.78 is 17.0. The quantitative estimate of drug-likeness (QED) is 0.0261. The first-order chi connectivity index (χ1) is 38.0. The first-order valence-corrected chi connectivity index (χ1v) is 34.8. The average Bonchev–Trinajstić information content (AvgIpc) is 3.43. The van der Waals surface area contributed by atoms with Crippen LogP contribution in [0.25, 0.3) is 0 Å². The monoisotopic (exact) mass is 1080 g/mol. The van der Waals surface area contributed by atoms with Crippen molar-refractivity contribution in [1.29, 1.82) is 0 Å². The minimum atomic E-state index is -0.766. The van der Waals surface area contributed by atoms with E-state index in [0.717, 1.165) is 64.2 Å². The van der Waals surface area contributed by atoms with E-state index in [2.05, 4.69) is 45.1 Å². The zero-order valence-corrected chi connectivity index (χ0v) is 52.3. The molecule has 0 spiro atoms. The van der Waals surface area contributed by atoms with Crippen molar-refractivity contribution in [1.82, 2.24) is 0 Å². The van der Waals surface area contributed by atoms with Crippen molar-refractivity contribution in [3.8, 4) is 0 Å². The molecule has 6 nitrogen and oxygen atoms in total. The fraction of sp³-hybridized carbons (Fsp3) is 0.901. The Morgan fingerprint density at radius 1 is 0.260 bits per heavy atom. The Bertz CT molecular complexity index is 1240. The van der Waals surface area contributed by atoms with Gasteiger partial charge in [-0.3, -0.25) is 14.4 Å². The molecule has 1 unspecified atom stereocenters. The standard InChI is InChI=1S/C71H134O6/c1-4-7-10-13-16-19-22-25-28-31-32-33-34-35-36-37-38-39-40-41-44-46-49-52-55-58-61-64-70(73)76-67-68(77-71(74)65-62-59-56-53-50-47-43-30-27-24-21-18-15-12-9-6-3)66-75-69(72)63-60-57-54-51-48-45-42-29-26-23-20-17-14-11-8-5-2/h22,25,31-32,68H,4-21,23-24,26-30,33-67H2,1-3H3/b25-22-,32-31-. The van der Waals surface area contributed by atoms with E-state index in [1.807, 2.05) is 0 Å². The van der Waals surface area contributed by atoms with E-state index < -0.39 is 6.10 Å². The third kappa shape index (κ3) is 64.6. The van der Waals surface area contributed by atoms with Crippen LogP contribution in [-0.4, -0.2) is 37.2 Å². The first kappa shape index (κ1) is 74.9. The maximum atomic E-state index is 12.9. The molecule has 0 fully saturated rings. The van der Waals surface area contributed by atoms with Crippen molar-refractivity contribution in [3.05, 3.63) is 24.3 Å². The Morgan fingerprint density at radius 2 is 0.468 bits per heavy atom. The fourth-order valence-corrected chi connectivity index (χ4v) is 10.7. The van der Waals surface area contributed by atoms with Gasteiger partial charge in [-0.15, -0.1) is 0 Å². The summed E-state index contributed by atoms with van der Waals surface area (Å²) in [5, 5.41) is 0. The lowest BCUT2D eigenvalue weighted by molar-refractivity contribution is -0.167. The molecule has 0 bridgehead atoms. The van der Waals surface area contributed by atoms with Gasteiger partial charge in [0, 0.05) is 19.3 Å². The number of hydrogen-bond acceptors (Lipinski definition) is 6. The van der Waals surface area contributed by atoms with Gasteiger partial charge in [0.05, 0.1) is 0 Å². The van der Waals surface area contributed by atoms with Crippen molar-refractivity contribution in [2.45, 2.75) is 399 Å². The summed E-state index contributed by atoms with van der Waals surface area (Å²) >= 11 is 0. The lowest BCUT2D eigenvalue weighted by atomic mass is 10.0. The lowest BCUT2D eigenvalue weighted by Crippen LogP contribution is -2.30. The van der Waals surface area contributed by atoms with Gasteiger partial charge in [0.1, 0.15) is 13.2 Å². The van der Waals surface area contributed by atoms with E-state index in [1.165, 1.54) is 289 Å². The highest BCUT2D eigenvalue weighted by molar-refractivity contribution is 5.71. The molecule has 0 saturated carbocycles. The van der Waals surface area contributed by atoms with Crippen LogP contribution in [0.1, 0.15) is 393 Å². The maximum Gasteiger partial charge on any atom is 0.306 e. The van der Waals surface area contributed by atoms with Crippen molar-refractivity contribution in [2.75, 3.05) is 13.2 Å². The minimum absolute atomic E-state index is 0.0635. The van der Waals surface area contributed by atoms with Crippen molar-refractivity contribution in [2.24, 2.45) is 0 Å². The fourth-order valence-electron chi connectivity index (χ4n) is 10.7. The second kappa shape index (κ2) is 66.4. The third-order valence-corrected chi connectivity index (χ3v) is 16.0. The van der Waals surface area contributed by atoms with Gasteiger partial charge < -0.3 is 14.2 Å². The second-order valence-corrected chi connectivity index (χ2v) is 23.8. The molecule has 0 aromatic carbocycles. The molecule has 0 aromatic heterocycles. The van der Waals surface area contributed by atoms with Crippen LogP contribution in [0.3, 0.4) is 0 Å². The third-order valence-electron chi connectivity index (χ3n) is 16.0. The molecular formula is C71H134O6. The molecule has 0 aromatic rings. The Morgan fingerprint density at radius 3 is 0.714 bits per heavy atom. The molecule has 77 heavy (non-hydrogen) atoms. The number of unbranched alkanes of at least 4 members (excludes halogenated alkanes) is 50. The zero-order valence-electron chi connectivity index (χ0n) is 52.3. The summed E-state index contributed by atoms with van der Waals surface area (Å²) in [6.45, 7) is 6.71. The van der Waals surface area contributed by atoms with E-state index in [-0.39, 0.29) is 31.1 Å². The highest BCUT2D eigenvalue weighted by atomic mass is 16.6. The van der Waals surface area contributed by atoms with Crippen LogP contribution in [0.5, 0.6) is 0 Å². The number of allylic oxidation sites excluding steroid dienone is 4. The van der Waals surface area contributed by atoms with Gasteiger partial charge in [0.25, 0.3) is 0 Å². The number of hydrogen-bond donors (Lipinski definition) is 0. The predicted molar refractivity (Wildman–Crippen MR) is 335 cm³/mol. The van der Waals surface area contributed by atoms with Crippen LogP contribution in [0.4, 0.5) is 0 Å². The topological polar surface area (TPSA) is 78.9 Å². The van der Waals surface area contributed by atoms with E-state index in [0.29, 0.717) is 19.3 Å². The summed E-state index contributed by atoms with van der Waals surface area (Å²) in [6.07, 6.45) is 80.6. The number of carbonyl (C=O) groups excluding carboxylic acids is 3. The molecule has 0 radical (unpaired) electrons. The van der Waals surface area contributed by atoms with Crippen molar-refractivity contribution < 1.29 is 28.6 Å². The summed E-state index contributed by atoms with van der Waals surface area (Å²) in [7, 11) is 0. The van der Waals surface area contributed by atoms with Crippen LogP contribution in [0.2, 0.25) is 0 Å². The molecule has 454 valence electrons. The van der Waals surface area contributed by atoms with Crippen molar-refractivity contribution in [3.63, 3.8) is 0 Å². The van der Waals surface area contributed by atoms with E-state index in [4.69, 9.17) is 14.2 Å². The first-order valence-electron chi connectivity index (χ1n) is 34.8. The smallest absolute Gasteiger partial charge is 0.306 e. The zero-order chi connectivity index (χ0) is 55.7. The second-order valence-electron chi connectivity index (χ2n) is 23.8. The molecule has 0 amide bonds. The van der Waals surface area contributed by atoms with Gasteiger partial charge in [-0.05, 0) is 51.4 Å². The van der Waals surface area contributed by atoms with Crippen LogP contribution in [0, 0.1) is 0 Å². The molecule has 0 aliphatic carbocycles. The maximum absolute atomic E-state index is 12.9. The summed E-state index contributed by atoms with van der Waals surface area (Å²) in [5.74, 6) is -0.830. The average molecular weight is 1080 g/mol. The number of esters is 3. The Balaban J connectivity index is 4.21. The predicted octanol–water partition coefficient (Wildman–Crippen LogP) is 23.8. The highest BCUT2D eigenvalue weighted by Gasteiger charge is 2.19. The highest BCUT2D eigenvalue weighted by Crippen LogP contribution is 2.19. The summed E-state index contributed by atoms with van der Waals surface area (Å²) in [4.78, 5) is 38.4. The van der Waals surface area contributed by atoms with Crippen LogP contribution in [-0.2, 0) is 28.6 Å². The Labute approximate surface area is 481 Å². The van der Waals surface area contributed by atoms with Crippen LogP contribution >= 0.6 is 0 Å². The molecule has 0 rings (SSSR count). The molecule has 0 saturated heterocycles. The van der Waals surface area contributed by atoms with Gasteiger partial charge in [-0.1, -0.05) is 347 Å². The Hall–Kier alpha value is -2.11.